The normalized spacial score (nSPS) is 17.4. The van der Waals surface area contributed by atoms with Gasteiger partial charge in [0.2, 0.25) is 0 Å². The molecule has 1 aliphatic rings. The summed E-state index contributed by atoms with van der Waals surface area (Å²) in [5.41, 5.74) is 6.24. The molecule has 0 bridgehead atoms. The van der Waals surface area contributed by atoms with E-state index in [1.165, 1.54) is 11.1 Å². The van der Waals surface area contributed by atoms with Crippen molar-refractivity contribution in [2.75, 3.05) is 13.2 Å². The van der Waals surface area contributed by atoms with E-state index in [9.17, 15) is 5.11 Å². The quantitative estimate of drug-likeness (QED) is 0.440. The largest absolute Gasteiger partial charge is 0.493 e. The van der Waals surface area contributed by atoms with Crippen LogP contribution in [0, 0.1) is 5.92 Å². The zero-order valence-corrected chi connectivity index (χ0v) is 18.5. The van der Waals surface area contributed by atoms with E-state index in [0.29, 0.717) is 25.0 Å². The van der Waals surface area contributed by atoms with Crippen LogP contribution in [-0.2, 0) is 13.0 Å². The molecule has 0 heterocycles. The first kappa shape index (κ1) is 21.5. The zero-order chi connectivity index (χ0) is 21.6. The van der Waals surface area contributed by atoms with Crippen molar-refractivity contribution in [1.82, 2.24) is 0 Å². The molecule has 3 nitrogen and oxygen atoms in total. The molecule has 2 unspecified atom stereocenters. The van der Waals surface area contributed by atoms with Gasteiger partial charge in [-0.1, -0.05) is 55.5 Å². The van der Waals surface area contributed by atoms with Crippen LogP contribution in [0.2, 0.25) is 0 Å². The van der Waals surface area contributed by atoms with Crippen LogP contribution in [0.3, 0.4) is 0 Å². The molecule has 0 fully saturated rings. The fourth-order valence-corrected chi connectivity index (χ4v) is 4.69. The van der Waals surface area contributed by atoms with Gasteiger partial charge in [-0.05, 0) is 78.5 Å². The van der Waals surface area contributed by atoms with Gasteiger partial charge in [-0.2, -0.15) is 0 Å². The number of hydrogen-bond acceptors (Lipinski definition) is 3. The Morgan fingerprint density at radius 1 is 0.968 bits per heavy atom. The Bertz CT molecular complexity index is 993. The minimum absolute atomic E-state index is 0.274. The summed E-state index contributed by atoms with van der Waals surface area (Å²) >= 11 is 0. The molecule has 0 radical (unpaired) electrons. The van der Waals surface area contributed by atoms with E-state index in [4.69, 9.17) is 9.47 Å². The lowest BCUT2D eigenvalue weighted by molar-refractivity contribution is 0.274. The molecular formula is C28H32O3. The van der Waals surface area contributed by atoms with E-state index in [0.717, 1.165) is 47.5 Å². The number of aliphatic hydroxyl groups excluding tert-OH is 1. The van der Waals surface area contributed by atoms with Crippen LogP contribution in [0.1, 0.15) is 49.3 Å². The molecule has 0 saturated heterocycles. The van der Waals surface area contributed by atoms with Crippen molar-refractivity contribution < 1.29 is 14.6 Å². The molecule has 0 spiro atoms. The van der Waals surface area contributed by atoms with Gasteiger partial charge in [0.15, 0.2) is 0 Å². The summed E-state index contributed by atoms with van der Waals surface area (Å²) in [4.78, 5) is 0. The lowest BCUT2D eigenvalue weighted by Gasteiger charge is -2.16. The SMILES string of the molecule is CCOc1ccccc1-c1ccc(COc2ccc3c(c2)CC(C)C3CCCO)cc1. The third-order valence-electron chi connectivity index (χ3n) is 6.27. The molecule has 0 aromatic heterocycles. The van der Waals surface area contributed by atoms with Crippen LogP contribution < -0.4 is 9.47 Å². The number of rotatable bonds is 9. The van der Waals surface area contributed by atoms with E-state index >= 15 is 0 Å². The van der Waals surface area contributed by atoms with Crippen molar-refractivity contribution in [3.05, 3.63) is 83.4 Å². The maximum atomic E-state index is 9.18. The average Bonchev–Trinajstić information content (AvgIpc) is 3.11. The van der Waals surface area contributed by atoms with Crippen molar-refractivity contribution in [2.24, 2.45) is 5.92 Å². The van der Waals surface area contributed by atoms with Crippen LogP contribution in [0.15, 0.2) is 66.7 Å². The Morgan fingerprint density at radius 3 is 2.55 bits per heavy atom. The Hall–Kier alpha value is -2.78. The molecule has 0 amide bonds. The minimum Gasteiger partial charge on any atom is -0.493 e. The van der Waals surface area contributed by atoms with Gasteiger partial charge in [-0.25, -0.2) is 0 Å². The fourth-order valence-electron chi connectivity index (χ4n) is 4.69. The summed E-state index contributed by atoms with van der Waals surface area (Å²) in [7, 11) is 0. The first-order valence-corrected chi connectivity index (χ1v) is 11.4. The van der Waals surface area contributed by atoms with Crippen molar-refractivity contribution >= 4 is 0 Å². The van der Waals surface area contributed by atoms with E-state index in [1.807, 2.05) is 25.1 Å². The highest BCUT2D eigenvalue weighted by atomic mass is 16.5. The van der Waals surface area contributed by atoms with Gasteiger partial charge in [0, 0.05) is 12.2 Å². The molecule has 1 N–H and O–H groups in total. The summed E-state index contributed by atoms with van der Waals surface area (Å²) < 4.78 is 11.9. The summed E-state index contributed by atoms with van der Waals surface area (Å²) in [6.07, 6.45) is 3.03. The molecule has 2 atom stereocenters. The molecule has 4 rings (SSSR count). The summed E-state index contributed by atoms with van der Waals surface area (Å²) in [5, 5.41) is 9.18. The number of fused-ring (bicyclic) bond motifs is 1. The maximum absolute atomic E-state index is 9.18. The van der Waals surface area contributed by atoms with Gasteiger partial charge in [0.05, 0.1) is 6.61 Å². The number of para-hydroxylation sites is 1. The fraction of sp³-hybridized carbons (Fsp3) is 0.357. The zero-order valence-electron chi connectivity index (χ0n) is 18.5. The number of benzene rings is 3. The van der Waals surface area contributed by atoms with Crippen LogP contribution in [0.4, 0.5) is 0 Å². The number of hydrogen-bond donors (Lipinski definition) is 1. The van der Waals surface area contributed by atoms with Gasteiger partial charge < -0.3 is 14.6 Å². The average molecular weight is 417 g/mol. The Labute approximate surface area is 185 Å². The Kier molecular flexibility index (Phi) is 6.93. The summed E-state index contributed by atoms with van der Waals surface area (Å²) in [6, 6.07) is 23.2. The second kappa shape index (κ2) is 10.0. The van der Waals surface area contributed by atoms with E-state index in [2.05, 4.69) is 55.5 Å². The second-order valence-electron chi connectivity index (χ2n) is 8.43. The second-order valence-corrected chi connectivity index (χ2v) is 8.43. The van der Waals surface area contributed by atoms with Crippen LogP contribution in [0.5, 0.6) is 11.5 Å². The third kappa shape index (κ3) is 4.94. The summed E-state index contributed by atoms with van der Waals surface area (Å²) in [6.45, 7) is 5.80. The van der Waals surface area contributed by atoms with E-state index in [-0.39, 0.29) is 6.61 Å². The highest BCUT2D eigenvalue weighted by molar-refractivity contribution is 5.70. The molecule has 0 aliphatic heterocycles. The monoisotopic (exact) mass is 416 g/mol. The van der Waals surface area contributed by atoms with Gasteiger partial charge >= 0.3 is 0 Å². The van der Waals surface area contributed by atoms with Gasteiger partial charge in [-0.3, -0.25) is 0 Å². The van der Waals surface area contributed by atoms with Crippen molar-refractivity contribution in [2.45, 2.75) is 45.6 Å². The first-order valence-electron chi connectivity index (χ1n) is 11.4. The topological polar surface area (TPSA) is 38.7 Å². The smallest absolute Gasteiger partial charge is 0.127 e. The van der Waals surface area contributed by atoms with Crippen LogP contribution in [0.25, 0.3) is 11.1 Å². The van der Waals surface area contributed by atoms with Crippen LogP contribution >= 0.6 is 0 Å². The van der Waals surface area contributed by atoms with Crippen LogP contribution in [-0.4, -0.2) is 18.3 Å². The van der Waals surface area contributed by atoms with E-state index in [1.54, 1.807) is 0 Å². The van der Waals surface area contributed by atoms with Crippen molar-refractivity contribution in [3.8, 4) is 22.6 Å². The minimum atomic E-state index is 0.274. The number of aliphatic hydroxyl groups is 1. The van der Waals surface area contributed by atoms with E-state index < -0.39 is 0 Å². The summed E-state index contributed by atoms with van der Waals surface area (Å²) in [5.74, 6) is 3.03. The molecule has 3 aromatic carbocycles. The molecule has 3 aromatic rings. The third-order valence-corrected chi connectivity index (χ3v) is 6.27. The van der Waals surface area contributed by atoms with Crippen molar-refractivity contribution in [1.29, 1.82) is 0 Å². The lowest BCUT2D eigenvalue weighted by atomic mass is 9.90. The van der Waals surface area contributed by atoms with Gasteiger partial charge in [-0.15, -0.1) is 0 Å². The molecule has 1 aliphatic carbocycles. The lowest BCUT2D eigenvalue weighted by Crippen LogP contribution is -2.04. The maximum Gasteiger partial charge on any atom is 0.127 e. The predicted octanol–water partition coefficient (Wildman–Crippen LogP) is 6.38. The van der Waals surface area contributed by atoms with Gasteiger partial charge in [0.1, 0.15) is 18.1 Å². The van der Waals surface area contributed by atoms with Gasteiger partial charge in [0.25, 0.3) is 0 Å². The molecule has 3 heteroatoms. The molecule has 31 heavy (non-hydrogen) atoms. The Morgan fingerprint density at radius 2 is 1.77 bits per heavy atom. The Balaban J connectivity index is 1.41. The number of ether oxygens (including phenoxy) is 2. The first-order chi connectivity index (χ1) is 15.2. The molecular weight excluding hydrogens is 384 g/mol. The highest BCUT2D eigenvalue weighted by Crippen LogP contribution is 2.42. The predicted molar refractivity (Wildman–Crippen MR) is 126 cm³/mol. The van der Waals surface area contributed by atoms with Crippen molar-refractivity contribution in [3.63, 3.8) is 0 Å². The standard InChI is InChI=1S/C28H32O3/c1-3-30-28-9-5-4-7-27(28)22-12-10-21(11-13-22)19-31-24-14-15-26-23(18-24)17-20(2)25(26)8-6-16-29/h4-5,7,9-15,18,20,25,29H,3,6,8,16-17,19H2,1-2H3. The molecule has 0 saturated carbocycles. The molecule has 162 valence electrons. The highest BCUT2D eigenvalue weighted by Gasteiger charge is 2.29.